The number of sulfonamides is 1. The van der Waals surface area contributed by atoms with Crippen LogP contribution < -0.4 is 10.5 Å². The standard InChI is InChI=1S/C11H12N4O4S2/c1-7-14-8(6-20-7)5-13-21(18,19)9-2-3-11(15(16)17)10(12)4-9/h2-4,6,13H,5,12H2,1H3. The lowest BCUT2D eigenvalue weighted by atomic mass is 10.3. The zero-order chi connectivity index (χ0) is 15.6. The van der Waals surface area contributed by atoms with Crippen molar-refractivity contribution in [2.24, 2.45) is 0 Å². The van der Waals surface area contributed by atoms with E-state index in [0.29, 0.717) is 5.69 Å². The maximum Gasteiger partial charge on any atom is 0.292 e. The maximum absolute atomic E-state index is 12.1. The first-order chi connectivity index (χ1) is 9.79. The Balaban J connectivity index is 2.19. The normalized spacial score (nSPS) is 11.5. The second-order valence-electron chi connectivity index (χ2n) is 4.16. The van der Waals surface area contributed by atoms with Crippen LogP contribution in [0.4, 0.5) is 11.4 Å². The minimum absolute atomic E-state index is 0.0452. The predicted molar refractivity (Wildman–Crippen MR) is 78.4 cm³/mol. The highest BCUT2D eigenvalue weighted by Crippen LogP contribution is 2.24. The quantitative estimate of drug-likeness (QED) is 0.485. The van der Waals surface area contributed by atoms with Crippen LogP contribution in [0.25, 0.3) is 0 Å². The molecule has 2 rings (SSSR count). The summed E-state index contributed by atoms with van der Waals surface area (Å²) in [5.41, 5.74) is 5.56. The molecule has 8 nitrogen and oxygen atoms in total. The fourth-order valence-corrected chi connectivity index (χ4v) is 3.25. The molecule has 0 atom stereocenters. The van der Waals surface area contributed by atoms with E-state index in [1.165, 1.54) is 11.3 Å². The first kappa shape index (κ1) is 15.4. The molecule has 0 bridgehead atoms. The third kappa shape index (κ3) is 3.54. The minimum atomic E-state index is -3.80. The van der Waals surface area contributed by atoms with Crippen LogP contribution in [0.1, 0.15) is 10.7 Å². The van der Waals surface area contributed by atoms with Gasteiger partial charge in [0, 0.05) is 11.4 Å². The molecule has 0 saturated heterocycles. The van der Waals surface area contributed by atoms with Gasteiger partial charge in [0.2, 0.25) is 10.0 Å². The van der Waals surface area contributed by atoms with Crippen molar-refractivity contribution in [3.8, 4) is 0 Å². The number of aromatic nitrogens is 1. The lowest BCUT2D eigenvalue weighted by Crippen LogP contribution is -2.23. The van der Waals surface area contributed by atoms with E-state index in [0.717, 1.165) is 23.2 Å². The van der Waals surface area contributed by atoms with Crippen LogP contribution >= 0.6 is 11.3 Å². The molecule has 2 aromatic rings. The van der Waals surface area contributed by atoms with Crippen LogP contribution in [0.3, 0.4) is 0 Å². The van der Waals surface area contributed by atoms with Crippen LogP contribution in [-0.4, -0.2) is 18.3 Å². The summed E-state index contributed by atoms with van der Waals surface area (Å²) in [5, 5.41) is 13.2. The molecule has 0 spiro atoms. The van der Waals surface area contributed by atoms with E-state index in [1.54, 1.807) is 5.38 Å². The molecule has 0 amide bonds. The fraction of sp³-hybridized carbons (Fsp3) is 0.182. The number of benzene rings is 1. The number of thiazole rings is 1. The van der Waals surface area contributed by atoms with Crippen molar-refractivity contribution in [1.29, 1.82) is 0 Å². The Kier molecular flexibility index (Phi) is 4.21. The lowest BCUT2D eigenvalue weighted by molar-refractivity contribution is -0.383. The van der Waals surface area contributed by atoms with Gasteiger partial charge in [-0.25, -0.2) is 18.1 Å². The van der Waals surface area contributed by atoms with E-state index in [4.69, 9.17) is 5.73 Å². The Bertz CT molecular complexity index is 785. The average Bonchev–Trinajstić information content (AvgIpc) is 2.82. The van der Waals surface area contributed by atoms with Gasteiger partial charge in [-0.2, -0.15) is 0 Å². The number of nitro groups is 1. The number of nitrogens with two attached hydrogens (primary N) is 1. The molecule has 0 radical (unpaired) electrons. The lowest BCUT2D eigenvalue weighted by Gasteiger charge is -2.06. The number of nitrogens with zero attached hydrogens (tertiary/aromatic N) is 2. The van der Waals surface area contributed by atoms with Gasteiger partial charge in [-0.05, 0) is 19.1 Å². The number of hydrogen-bond donors (Lipinski definition) is 2. The summed E-state index contributed by atoms with van der Waals surface area (Å²) in [4.78, 5) is 14.0. The fourth-order valence-electron chi connectivity index (χ4n) is 1.61. The van der Waals surface area contributed by atoms with Crippen molar-refractivity contribution in [3.05, 3.63) is 44.4 Å². The molecule has 0 fully saturated rings. The van der Waals surface area contributed by atoms with Crippen molar-refractivity contribution in [2.75, 3.05) is 5.73 Å². The largest absolute Gasteiger partial charge is 0.393 e. The van der Waals surface area contributed by atoms with Crippen LogP contribution in [-0.2, 0) is 16.6 Å². The van der Waals surface area contributed by atoms with Crippen LogP contribution in [0.15, 0.2) is 28.5 Å². The Hall–Kier alpha value is -2.04. The van der Waals surface area contributed by atoms with E-state index in [2.05, 4.69) is 9.71 Å². The van der Waals surface area contributed by atoms with Gasteiger partial charge in [0.1, 0.15) is 5.69 Å². The molecule has 21 heavy (non-hydrogen) atoms. The molecule has 3 N–H and O–H groups in total. The van der Waals surface area contributed by atoms with E-state index >= 15 is 0 Å². The Labute approximate surface area is 124 Å². The third-order valence-electron chi connectivity index (χ3n) is 2.62. The summed E-state index contributed by atoms with van der Waals surface area (Å²) in [6, 6.07) is 3.27. The molecule has 1 heterocycles. The highest BCUT2D eigenvalue weighted by molar-refractivity contribution is 7.89. The molecular weight excluding hydrogens is 316 g/mol. The molecule has 0 aliphatic heterocycles. The molecule has 0 aliphatic carbocycles. The maximum atomic E-state index is 12.1. The number of nitro benzene ring substituents is 1. The number of nitrogen functional groups attached to an aromatic ring is 1. The molecular formula is C11H12N4O4S2. The van der Waals surface area contributed by atoms with E-state index in [-0.39, 0.29) is 22.8 Å². The van der Waals surface area contributed by atoms with Crippen molar-refractivity contribution in [1.82, 2.24) is 9.71 Å². The number of anilines is 1. The molecule has 0 unspecified atom stereocenters. The molecule has 112 valence electrons. The van der Waals surface area contributed by atoms with Gasteiger partial charge in [0.25, 0.3) is 5.69 Å². The van der Waals surface area contributed by atoms with Crippen LogP contribution in [0.5, 0.6) is 0 Å². The van der Waals surface area contributed by atoms with Crippen molar-refractivity contribution < 1.29 is 13.3 Å². The Morgan fingerprint density at radius 1 is 1.48 bits per heavy atom. The van der Waals surface area contributed by atoms with Gasteiger partial charge in [0.05, 0.1) is 27.1 Å². The third-order valence-corrected chi connectivity index (χ3v) is 4.84. The predicted octanol–water partition coefficient (Wildman–Crippen LogP) is 1.42. The first-order valence-electron chi connectivity index (χ1n) is 5.74. The van der Waals surface area contributed by atoms with Gasteiger partial charge >= 0.3 is 0 Å². The van der Waals surface area contributed by atoms with Gasteiger partial charge in [-0.1, -0.05) is 0 Å². The topological polar surface area (TPSA) is 128 Å². The van der Waals surface area contributed by atoms with Crippen molar-refractivity contribution in [2.45, 2.75) is 18.4 Å². The first-order valence-corrected chi connectivity index (χ1v) is 8.10. The second-order valence-corrected chi connectivity index (χ2v) is 6.99. The Morgan fingerprint density at radius 2 is 2.19 bits per heavy atom. The molecule has 1 aromatic heterocycles. The van der Waals surface area contributed by atoms with E-state index in [9.17, 15) is 18.5 Å². The number of hydrogen-bond acceptors (Lipinski definition) is 7. The summed E-state index contributed by atoms with van der Waals surface area (Å²) in [6.45, 7) is 1.86. The molecule has 0 aliphatic rings. The van der Waals surface area contributed by atoms with Gasteiger partial charge in [-0.3, -0.25) is 10.1 Å². The minimum Gasteiger partial charge on any atom is -0.393 e. The molecule has 0 saturated carbocycles. The number of rotatable bonds is 5. The van der Waals surface area contributed by atoms with Crippen LogP contribution in [0, 0.1) is 17.0 Å². The summed E-state index contributed by atoms with van der Waals surface area (Å²) in [7, 11) is -3.80. The second kappa shape index (κ2) is 5.76. The SMILES string of the molecule is Cc1nc(CNS(=O)(=O)c2ccc([N+](=O)[O-])c(N)c2)cs1. The van der Waals surface area contributed by atoms with Crippen molar-refractivity contribution >= 4 is 32.7 Å². The zero-order valence-corrected chi connectivity index (χ0v) is 12.6. The van der Waals surface area contributed by atoms with Gasteiger partial charge in [-0.15, -0.1) is 11.3 Å². The number of aryl methyl sites for hydroxylation is 1. The average molecular weight is 328 g/mol. The van der Waals surface area contributed by atoms with Gasteiger partial charge in [0.15, 0.2) is 0 Å². The summed E-state index contributed by atoms with van der Waals surface area (Å²) in [5.74, 6) is 0. The summed E-state index contributed by atoms with van der Waals surface area (Å²) < 4.78 is 26.5. The summed E-state index contributed by atoms with van der Waals surface area (Å²) >= 11 is 1.42. The van der Waals surface area contributed by atoms with E-state index < -0.39 is 14.9 Å². The van der Waals surface area contributed by atoms with Crippen molar-refractivity contribution in [3.63, 3.8) is 0 Å². The molecule has 1 aromatic carbocycles. The molecule has 10 heteroatoms. The highest BCUT2D eigenvalue weighted by atomic mass is 32.2. The smallest absolute Gasteiger partial charge is 0.292 e. The zero-order valence-electron chi connectivity index (χ0n) is 10.9. The number of nitrogens with one attached hydrogen (secondary N) is 1. The van der Waals surface area contributed by atoms with Gasteiger partial charge < -0.3 is 5.73 Å². The monoisotopic (exact) mass is 328 g/mol. The highest BCUT2D eigenvalue weighted by Gasteiger charge is 2.19. The summed E-state index contributed by atoms with van der Waals surface area (Å²) in [6.07, 6.45) is 0. The Morgan fingerprint density at radius 3 is 2.71 bits per heavy atom. The van der Waals surface area contributed by atoms with E-state index in [1.807, 2.05) is 6.92 Å². The van der Waals surface area contributed by atoms with Crippen LogP contribution in [0.2, 0.25) is 0 Å².